The van der Waals surface area contributed by atoms with Crippen molar-refractivity contribution in [3.63, 3.8) is 0 Å². The van der Waals surface area contributed by atoms with Crippen LogP contribution in [-0.2, 0) is 4.79 Å². The molecule has 4 N–H and O–H groups in total. The van der Waals surface area contributed by atoms with Crippen LogP contribution in [0.4, 0.5) is 4.79 Å². The summed E-state index contributed by atoms with van der Waals surface area (Å²) in [7, 11) is 0. The maximum Gasteiger partial charge on any atom is 0.314 e. The first kappa shape index (κ1) is 15.3. The van der Waals surface area contributed by atoms with E-state index in [-0.39, 0.29) is 18.4 Å². The number of aliphatic hydroxyl groups is 1. The number of benzene rings is 1. The number of carbonyl (C=O) groups excluding carboxylic acids is 2. The lowest BCUT2D eigenvalue weighted by Gasteiger charge is -2.31. The van der Waals surface area contributed by atoms with Crippen molar-refractivity contribution >= 4 is 11.9 Å². The van der Waals surface area contributed by atoms with Gasteiger partial charge in [0.15, 0.2) is 0 Å². The number of rotatable bonds is 4. The topological polar surface area (TPSA) is 95.7 Å². The minimum atomic E-state index is -0.491. The van der Waals surface area contributed by atoms with Crippen molar-refractivity contribution in [3.8, 4) is 0 Å². The lowest BCUT2D eigenvalue weighted by Crippen LogP contribution is -2.48. The molecule has 21 heavy (non-hydrogen) atoms. The molecule has 1 heterocycles. The predicted molar refractivity (Wildman–Crippen MR) is 78.3 cm³/mol. The van der Waals surface area contributed by atoms with Gasteiger partial charge in [0.1, 0.15) is 0 Å². The highest BCUT2D eigenvalue weighted by atomic mass is 16.3. The third-order valence-corrected chi connectivity index (χ3v) is 3.80. The zero-order valence-electron chi connectivity index (χ0n) is 11.9. The number of nitrogens with zero attached hydrogens (tertiary/aromatic N) is 1. The number of primary amides is 1. The first-order valence-electron chi connectivity index (χ1n) is 7.12. The molecular weight excluding hydrogens is 270 g/mol. The number of piperidine rings is 1. The quantitative estimate of drug-likeness (QED) is 0.759. The van der Waals surface area contributed by atoms with Crippen LogP contribution in [0.5, 0.6) is 0 Å². The van der Waals surface area contributed by atoms with E-state index in [1.807, 2.05) is 30.3 Å². The number of carbonyl (C=O) groups is 2. The van der Waals surface area contributed by atoms with Crippen molar-refractivity contribution in [1.82, 2.24) is 10.2 Å². The van der Waals surface area contributed by atoms with Gasteiger partial charge >= 0.3 is 6.03 Å². The SMILES string of the molecule is NC(=O)N1CCCC(C(=O)N[C@@H](CO)c2ccccc2)C1. The zero-order chi connectivity index (χ0) is 15.2. The van der Waals surface area contributed by atoms with Gasteiger partial charge in [0, 0.05) is 13.1 Å². The molecule has 1 aromatic carbocycles. The van der Waals surface area contributed by atoms with Gasteiger partial charge in [-0.15, -0.1) is 0 Å². The van der Waals surface area contributed by atoms with Gasteiger partial charge in [0.05, 0.1) is 18.6 Å². The molecule has 6 nitrogen and oxygen atoms in total. The summed E-state index contributed by atoms with van der Waals surface area (Å²) in [4.78, 5) is 25.0. The van der Waals surface area contributed by atoms with Gasteiger partial charge in [-0.2, -0.15) is 0 Å². The first-order valence-corrected chi connectivity index (χ1v) is 7.12. The Kier molecular flexibility index (Phi) is 5.16. The Labute approximate surface area is 123 Å². The molecule has 2 rings (SSSR count). The molecule has 6 heteroatoms. The largest absolute Gasteiger partial charge is 0.394 e. The Morgan fingerprint density at radius 1 is 1.38 bits per heavy atom. The van der Waals surface area contributed by atoms with Gasteiger partial charge in [0.2, 0.25) is 5.91 Å². The van der Waals surface area contributed by atoms with Crippen LogP contribution in [0.15, 0.2) is 30.3 Å². The number of urea groups is 1. The highest BCUT2D eigenvalue weighted by Crippen LogP contribution is 2.19. The molecule has 0 radical (unpaired) electrons. The molecule has 3 amide bonds. The minimum absolute atomic E-state index is 0.149. The van der Waals surface area contributed by atoms with Crippen LogP contribution >= 0.6 is 0 Å². The second kappa shape index (κ2) is 7.08. The van der Waals surface area contributed by atoms with Crippen LogP contribution in [0.25, 0.3) is 0 Å². The molecule has 0 spiro atoms. The van der Waals surface area contributed by atoms with E-state index in [0.29, 0.717) is 13.1 Å². The Morgan fingerprint density at radius 2 is 2.10 bits per heavy atom. The Bertz CT molecular complexity index is 492. The number of amides is 3. The van der Waals surface area contributed by atoms with Gasteiger partial charge < -0.3 is 21.1 Å². The van der Waals surface area contributed by atoms with Crippen molar-refractivity contribution in [3.05, 3.63) is 35.9 Å². The molecule has 1 aliphatic heterocycles. The Balaban J connectivity index is 1.98. The van der Waals surface area contributed by atoms with Crippen LogP contribution in [0.3, 0.4) is 0 Å². The van der Waals surface area contributed by atoms with Crippen molar-refractivity contribution in [1.29, 1.82) is 0 Å². The third-order valence-electron chi connectivity index (χ3n) is 3.80. The van der Waals surface area contributed by atoms with E-state index >= 15 is 0 Å². The molecule has 1 unspecified atom stereocenters. The van der Waals surface area contributed by atoms with Crippen molar-refractivity contribution in [2.24, 2.45) is 11.7 Å². The number of hydrogen-bond acceptors (Lipinski definition) is 3. The normalized spacial score (nSPS) is 19.9. The Hall–Kier alpha value is -2.08. The zero-order valence-corrected chi connectivity index (χ0v) is 11.9. The average Bonchev–Trinajstić information content (AvgIpc) is 2.53. The van der Waals surface area contributed by atoms with E-state index in [1.54, 1.807) is 0 Å². The van der Waals surface area contributed by atoms with E-state index in [4.69, 9.17) is 5.73 Å². The monoisotopic (exact) mass is 291 g/mol. The summed E-state index contributed by atoms with van der Waals surface area (Å²) in [6, 6.07) is 8.40. The van der Waals surface area contributed by atoms with Gasteiger partial charge in [-0.3, -0.25) is 4.79 Å². The number of aliphatic hydroxyl groups excluding tert-OH is 1. The van der Waals surface area contributed by atoms with Crippen LogP contribution in [0.1, 0.15) is 24.4 Å². The van der Waals surface area contributed by atoms with Gasteiger partial charge in [0.25, 0.3) is 0 Å². The molecule has 1 aromatic rings. The molecule has 1 saturated heterocycles. The van der Waals surface area contributed by atoms with Crippen molar-refractivity contribution in [2.75, 3.05) is 19.7 Å². The van der Waals surface area contributed by atoms with Crippen molar-refractivity contribution < 1.29 is 14.7 Å². The fourth-order valence-electron chi connectivity index (χ4n) is 2.60. The van der Waals surface area contributed by atoms with E-state index in [2.05, 4.69) is 5.32 Å². The van der Waals surface area contributed by atoms with Gasteiger partial charge in [-0.25, -0.2) is 4.79 Å². The molecule has 1 aliphatic rings. The molecule has 2 atom stereocenters. The number of hydrogen-bond donors (Lipinski definition) is 3. The number of nitrogens with one attached hydrogen (secondary N) is 1. The summed E-state index contributed by atoms with van der Waals surface area (Å²) in [5, 5.41) is 12.3. The molecular formula is C15H21N3O3. The lowest BCUT2D eigenvalue weighted by molar-refractivity contribution is -0.127. The summed E-state index contributed by atoms with van der Waals surface area (Å²) in [6.07, 6.45) is 1.48. The molecule has 114 valence electrons. The number of nitrogens with two attached hydrogens (primary N) is 1. The summed E-state index contributed by atoms with van der Waals surface area (Å²) in [5.74, 6) is -0.423. The van der Waals surface area contributed by atoms with Gasteiger partial charge in [-0.05, 0) is 18.4 Å². The highest BCUT2D eigenvalue weighted by molar-refractivity contribution is 5.80. The smallest absolute Gasteiger partial charge is 0.314 e. The summed E-state index contributed by atoms with van der Waals surface area (Å²) < 4.78 is 0. The van der Waals surface area contributed by atoms with Crippen LogP contribution in [0.2, 0.25) is 0 Å². The summed E-state index contributed by atoms with van der Waals surface area (Å²) in [6.45, 7) is 0.775. The lowest BCUT2D eigenvalue weighted by atomic mass is 9.96. The van der Waals surface area contributed by atoms with E-state index in [1.165, 1.54) is 4.90 Å². The summed E-state index contributed by atoms with van der Waals surface area (Å²) in [5.41, 5.74) is 6.12. The maximum atomic E-state index is 12.3. The van der Waals surface area contributed by atoms with E-state index in [9.17, 15) is 14.7 Å². The minimum Gasteiger partial charge on any atom is -0.394 e. The van der Waals surface area contributed by atoms with Crippen molar-refractivity contribution in [2.45, 2.75) is 18.9 Å². The molecule has 0 saturated carbocycles. The molecule has 0 aromatic heterocycles. The second-order valence-corrected chi connectivity index (χ2v) is 5.28. The fraction of sp³-hybridized carbons (Fsp3) is 0.467. The maximum absolute atomic E-state index is 12.3. The molecule has 0 bridgehead atoms. The summed E-state index contributed by atoms with van der Waals surface area (Å²) >= 11 is 0. The highest BCUT2D eigenvalue weighted by Gasteiger charge is 2.28. The molecule has 1 fully saturated rings. The molecule has 0 aliphatic carbocycles. The van der Waals surface area contributed by atoms with Crippen LogP contribution in [-0.4, -0.2) is 41.6 Å². The Morgan fingerprint density at radius 3 is 2.71 bits per heavy atom. The predicted octanol–water partition coefficient (Wildman–Crippen LogP) is 0.627. The first-order chi connectivity index (χ1) is 10.1. The van der Waals surface area contributed by atoms with Crippen LogP contribution < -0.4 is 11.1 Å². The van der Waals surface area contributed by atoms with E-state index in [0.717, 1.165) is 18.4 Å². The van der Waals surface area contributed by atoms with E-state index < -0.39 is 12.1 Å². The number of likely N-dealkylation sites (tertiary alicyclic amines) is 1. The average molecular weight is 291 g/mol. The standard InChI is InChI=1S/C15H21N3O3/c16-15(21)18-8-4-7-12(9-18)14(20)17-13(10-19)11-5-2-1-3-6-11/h1-3,5-6,12-13,19H,4,7-10H2,(H2,16,21)(H,17,20)/t12?,13-/m0/s1. The van der Waals surface area contributed by atoms with Gasteiger partial charge in [-0.1, -0.05) is 30.3 Å². The third kappa shape index (κ3) is 3.95. The van der Waals surface area contributed by atoms with Crippen LogP contribution in [0, 0.1) is 5.92 Å². The fourth-order valence-corrected chi connectivity index (χ4v) is 2.60. The second-order valence-electron chi connectivity index (χ2n) is 5.28.